The third-order valence-electron chi connectivity index (χ3n) is 4.46. The van der Waals surface area contributed by atoms with Crippen molar-refractivity contribution in [3.8, 4) is 5.75 Å². The first-order valence-corrected chi connectivity index (χ1v) is 10.8. The molecule has 2 aromatic heterocycles. The van der Waals surface area contributed by atoms with Crippen LogP contribution < -0.4 is 20.7 Å². The maximum atomic E-state index is 12.6. The number of thiophene rings is 1. The molecule has 7 nitrogen and oxygen atoms in total. The van der Waals surface area contributed by atoms with Crippen LogP contribution in [-0.2, 0) is 13.2 Å². The van der Waals surface area contributed by atoms with Crippen LogP contribution in [0, 0.1) is 0 Å². The van der Waals surface area contributed by atoms with E-state index >= 15 is 0 Å². The van der Waals surface area contributed by atoms with Gasteiger partial charge in [0.15, 0.2) is 0 Å². The molecule has 0 atom stereocenters. The second-order valence-electron chi connectivity index (χ2n) is 6.81. The van der Waals surface area contributed by atoms with Crippen molar-refractivity contribution in [3.63, 3.8) is 0 Å². The van der Waals surface area contributed by atoms with E-state index in [1.54, 1.807) is 72.2 Å². The molecular weight excluding hydrogens is 426 g/mol. The van der Waals surface area contributed by atoms with Crippen molar-refractivity contribution in [3.05, 3.63) is 101 Å². The SMILES string of the molecule is O=C(NCc1ccco1)Nc1ccc(NC(=O)c2cccc(OCc3cccs3)c2)cc1. The van der Waals surface area contributed by atoms with Gasteiger partial charge in [0.2, 0.25) is 0 Å². The number of hydrogen-bond acceptors (Lipinski definition) is 5. The second kappa shape index (κ2) is 10.3. The van der Waals surface area contributed by atoms with Crippen molar-refractivity contribution in [1.29, 1.82) is 0 Å². The van der Waals surface area contributed by atoms with Crippen molar-refractivity contribution in [1.82, 2.24) is 5.32 Å². The molecule has 0 aliphatic heterocycles. The fourth-order valence-corrected chi connectivity index (χ4v) is 3.49. The molecule has 0 unspecified atom stereocenters. The summed E-state index contributed by atoms with van der Waals surface area (Å²) in [6.45, 7) is 0.759. The predicted octanol–water partition coefficient (Wildman–Crippen LogP) is 5.49. The minimum atomic E-state index is -0.349. The Bertz CT molecular complexity index is 1160. The molecule has 8 heteroatoms. The fourth-order valence-electron chi connectivity index (χ4n) is 2.87. The summed E-state index contributed by atoms with van der Waals surface area (Å²) in [6.07, 6.45) is 1.55. The summed E-state index contributed by atoms with van der Waals surface area (Å²) in [6, 6.07) is 21.1. The van der Waals surface area contributed by atoms with Gasteiger partial charge >= 0.3 is 6.03 Å². The molecule has 3 amide bonds. The number of rotatable bonds is 8. The standard InChI is InChI=1S/C24H21N3O4S/c28-23(17-4-1-5-20(14-17)31-16-22-7-3-13-32-22)26-18-8-10-19(11-9-18)27-24(29)25-15-21-6-2-12-30-21/h1-14H,15-16H2,(H,26,28)(H2,25,27,29). The predicted molar refractivity (Wildman–Crippen MR) is 124 cm³/mol. The Morgan fingerprint density at radius 2 is 1.72 bits per heavy atom. The lowest BCUT2D eigenvalue weighted by atomic mass is 10.2. The molecule has 0 fully saturated rings. The molecular formula is C24H21N3O4S. The van der Waals surface area contributed by atoms with E-state index in [9.17, 15) is 9.59 Å². The molecule has 0 aliphatic rings. The highest BCUT2D eigenvalue weighted by atomic mass is 32.1. The van der Waals surface area contributed by atoms with Crippen LogP contribution in [0.1, 0.15) is 21.0 Å². The normalized spacial score (nSPS) is 10.4. The third kappa shape index (κ3) is 5.99. The molecule has 4 rings (SSSR count). The van der Waals surface area contributed by atoms with E-state index in [4.69, 9.17) is 9.15 Å². The van der Waals surface area contributed by atoms with Gasteiger partial charge in [-0.3, -0.25) is 4.79 Å². The molecule has 0 aliphatic carbocycles. The molecule has 2 heterocycles. The average Bonchev–Trinajstić information content (AvgIpc) is 3.52. The number of urea groups is 1. The van der Waals surface area contributed by atoms with Crippen molar-refractivity contribution in [2.45, 2.75) is 13.2 Å². The van der Waals surface area contributed by atoms with Crippen LogP contribution in [0.25, 0.3) is 0 Å². The van der Waals surface area contributed by atoms with Crippen LogP contribution in [-0.4, -0.2) is 11.9 Å². The number of amides is 3. The minimum Gasteiger partial charge on any atom is -0.488 e. The first-order chi connectivity index (χ1) is 15.7. The first-order valence-electron chi connectivity index (χ1n) is 9.89. The topological polar surface area (TPSA) is 92.6 Å². The van der Waals surface area contributed by atoms with Gasteiger partial charge in [-0.05, 0) is 66.0 Å². The van der Waals surface area contributed by atoms with Gasteiger partial charge in [0.25, 0.3) is 5.91 Å². The quantitative estimate of drug-likeness (QED) is 0.333. The molecule has 4 aromatic rings. The number of benzene rings is 2. The number of hydrogen-bond donors (Lipinski definition) is 3. The Morgan fingerprint density at radius 3 is 2.44 bits per heavy atom. The Morgan fingerprint density at radius 1 is 0.906 bits per heavy atom. The lowest BCUT2D eigenvalue weighted by Crippen LogP contribution is -2.27. The maximum absolute atomic E-state index is 12.6. The van der Waals surface area contributed by atoms with E-state index in [1.807, 2.05) is 23.6 Å². The van der Waals surface area contributed by atoms with E-state index in [1.165, 1.54) is 0 Å². The van der Waals surface area contributed by atoms with Crippen molar-refractivity contribution in [2.24, 2.45) is 0 Å². The summed E-state index contributed by atoms with van der Waals surface area (Å²) < 4.78 is 10.9. The highest BCUT2D eigenvalue weighted by molar-refractivity contribution is 7.09. The van der Waals surface area contributed by atoms with Gasteiger partial charge in [-0.25, -0.2) is 4.79 Å². The molecule has 0 spiro atoms. The molecule has 0 bridgehead atoms. The van der Waals surface area contributed by atoms with E-state index in [0.29, 0.717) is 41.6 Å². The second-order valence-corrected chi connectivity index (χ2v) is 7.85. The molecule has 0 saturated heterocycles. The van der Waals surface area contributed by atoms with Gasteiger partial charge in [0.1, 0.15) is 18.1 Å². The summed E-state index contributed by atoms with van der Waals surface area (Å²) >= 11 is 1.62. The Kier molecular flexibility index (Phi) is 6.84. The molecule has 0 radical (unpaired) electrons. The summed E-state index contributed by atoms with van der Waals surface area (Å²) in [4.78, 5) is 25.7. The van der Waals surface area contributed by atoms with Crippen LogP contribution in [0.15, 0.2) is 88.9 Å². The molecule has 162 valence electrons. The van der Waals surface area contributed by atoms with Gasteiger partial charge in [-0.1, -0.05) is 12.1 Å². The lowest BCUT2D eigenvalue weighted by Gasteiger charge is -2.10. The molecule has 3 N–H and O–H groups in total. The number of ether oxygens (including phenoxy) is 1. The number of carbonyl (C=O) groups excluding carboxylic acids is 2. The van der Waals surface area contributed by atoms with Gasteiger partial charge in [-0.2, -0.15) is 0 Å². The van der Waals surface area contributed by atoms with Crippen LogP contribution in [0.3, 0.4) is 0 Å². The summed E-state index contributed by atoms with van der Waals surface area (Å²) in [5, 5.41) is 10.3. The molecule has 32 heavy (non-hydrogen) atoms. The number of furan rings is 1. The van der Waals surface area contributed by atoms with E-state index < -0.39 is 0 Å². The fraction of sp³-hybridized carbons (Fsp3) is 0.0833. The van der Waals surface area contributed by atoms with Crippen LogP contribution in [0.2, 0.25) is 0 Å². The van der Waals surface area contributed by atoms with Crippen molar-refractivity contribution >= 4 is 34.6 Å². The van der Waals surface area contributed by atoms with E-state index in [-0.39, 0.29) is 11.9 Å². The van der Waals surface area contributed by atoms with Crippen LogP contribution in [0.4, 0.5) is 16.2 Å². The smallest absolute Gasteiger partial charge is 0.319 e. The molecule has 2 aromatic carbocycles. The average molecular weight is 448 g/mol. The summed E-state index contributed by atoms with van der Waals surface area (Å²) in [5.41, 5.74) is 1.71. The van der Waals surface area contributed by atoms with Gasteiger partial charge in [0.05, 0.1) is 12.8 Å². The number of nitrogens with one attached hydrogen (secondary N) is 3. The Balaban J connectivity index is 1.28. The van der Waals surface area contributed by atoms with Crippen LogP contribution in [0.5, 0.6) is 5.75 Å². The molecule has 0 saturated carbocycles. The summed E-state index contributed by atoms with van der Waals surface area (Å²) in [5.74, 6) is 1.05. The van der Waals surface area contributed by atoms with Crippen LogP contribution >= 0.6 is 11.3 Å². The van der Waals surface area contributed by atoms with Gasteiger partial charge in [-0.15, -0.1) is 11.3 Å². The maximum Gasteiger partial charge on any atom is 0.319 e. The monoisotopic (exact) mass is 447 g/mol. The van der Waals surface area contributed by atoms with Crippen molar-refractivity contribution in [2.75, 3.05) is 10.6 Å². The zero-order valence-electron chi connectivity index (χ0n) is 17.0. The zero-order valence-corrected chi connectivity index (χ0v) is 17.9. The lowest BCUT2D eigenvalue weighted by molar-refractivity contribution is 0.102. The zero-order chi connectivity index (χ0) is 22.2. The largest absolute Gasteiger partial charge is 0.488 e. The van der Waals surface area contributed by atoms with E-state index in [0.717, 1.165) is 4.88 Å². The highest BCUT2D eigenvalue weighted by Crippen LogP contribution is 2.19. The summed E-state index contributed by atoms with van der Waals surface area (Å²) in [7, 11) is 0. The number of anilines is 2. The van der Waals surface area contributed by atoms with E-state index in [2.05, 4.69) is 16.0 Å². The Labute approximate surface area is 189 Å². The van der Waals surface area contributed by atoms with Gasteiger partial charge < -0.3 is 25.1 Å². The minimum absolute atomic E-state index is 0.247. The van der Waals surface area contributed by atoms with Gasteiger partial charge in [0, 0.05) is 21.8 Å². The number of carbonyl (C=O) groups is 2. The third-order valence-corrected chi connectivity index (χ3v) is 5.31. The highest BCUT2D eigenvalue weighted by Gasteiger charge is 2.09. The van der Waals surface area contributed by atoms with Crippen molar-refractivity contribution < 1.29 is 18.7 Å². The Hall–Kier alpha value is -4.04. The first kappa shape index (κ1) is 21.2.